The normalized spacial score (nSPS) is 17.5. The van der Waals surface area contributed by atoms with Crippen molar-refractivity contribution < 1.29 is 4.79 Å². The van der Waals surface area contributed by atoms with Gasteiger partial charge >= 0.3 is 0 Å². The van der Waals surface area contributed by atoms with Crippen molar-refractivity contribution in [3.05, 3.63) is 29.7 Å². The number of nitrogens with one attached hydrogen (secondary N) is 1. The molecule has 1 fully saturated rings. The van der Waals surface area contributed by atoms with Gasteiger partial charge in [0.15, 0.2) is 5.65 Å². The Morgan fingerprint density at radius 3 is 3.05 bits per heavy atom. The Balaban J connectivity index is 0.00000176. The van der Waals surface area contributed by atoms with Crippen molar-refractivity contribution in [3.63, 3.8) is 0 Å². The molecule has 0 aliphatic carbocycles. The molecule has 1 saturated heterocycles. The third-order valence-electron chi connectivity index (χ3n) is 3.94. The van der Waals surface area contributed by atoms with E-state index in [2.05, 4.69) is 22.3 Å². The van der Waals surface area contributed by atoms with E-state index in [9.17, 15) is 4.79 Å². The summed E-state index contributed by atoms with van der Waals surface area (Å²) in [7, 11) is 0. The number of hydrogen-bond donors (Lipinski definition) is 1. The quantitative estimate of drug-likeness (QED) is 0.929. The van der Waals surface area contributed by atoms with Gasteiger partial charge in [0.25, 0.3) is 5.91 Å². The smallest absolute Gasteiger partial charge is 0.259 e. The molecule has 0 spiro atoms. The summed E-state index contributed by atoms with van der Waals surface area (Å²) in [5.74, 6) is 0.0404. The molecule has 0 radical (unpaired) electrons. The minimum absolute atomic E-state index is 0. The van der Waals surface area contributed by atoms with Crippen LogP contribution in [0.25, 0.3) is 5.65 Å². The first-order chi connectivity index (χ1) is 10.2. The molecule has 2 aromatic heterocycles. The highest BCUT2D eigenvalue weighted by atomic mass is 35.5. The van der Waals surface area contributed by atoms with Crippen LogP contribution in [0.4, 0.5) is 0 Å². The monoisotopic (exact) mass is 323 g/mol. The summed E-state index contributed by atoms with van der Waals surface area (Å²) in [6.45, 7) is 6.64. The van der Waals surface area contributed by atoms with Gasteiger partial charge in [-0.2, -0.15) is 5.10 Å². The SMILES string of the molecule is CCCN(C(=O)c1cnn2ccc(C)nc12)C1CCNC1.Cl. The fourth-order valence-electron chi connectivity index (χ4n) is 2.86. The van der Waals surface area contributed by atoms with E-state index in [1.807, 2.05) is 24.1 Å². The van der Waals surface area contributed by atoms with Crippen molar-refractivity contribution in [3.8, 4) is 0 Å². The highest BCUT2D eigenvalue weighted by Crippen LogP contribution is 2.17. The molecule has 1 N–H and O–H groups in total. The van der Waals surface area contributed by atoms with Crippen LogP contribution in [0.2, 0.25) is 0 Å². The summed E-state index contributed by atoms with van der Waals surface area (Å²) >= 11 is 0. The molecule has 1 atom stereocenters. The van der Waals surface area contributed by atoms with E-state index < -0.39 is 0 Å². The maximum absolute atomic E-state index is 12.9. The van der Waals surface area contributed by atoms with Crippen LogP contribution in [0.15, 0.2) is 18.5 Å². The van der Waals surface area contributed by atoms with Crippen LogP contribution < -0.4 is 5.32 Å². The van der Waals surface area contributed by atoms with Gasteiger partial charge in [-0.1, -0.05) is 6.92 Å². The Labute approximate surface area is 136 Å². The summed E-state index contributed by atoms with van der Waals surface area (Å²) in [6, 6.07) is 2.16. The lowest BCUT2D eigenvalue weighted by atomic mass is 10.1. The Bertz CT molecular complexity index is 650. The van der Waals surface area contributed by atoms with Crippen molar-refractivity contribution in [2.24, 2.45) is 0 Å². The second kappa shape index (κ2) is 7.07. The van der Waals surface area contributed by atoms with E-state index in [0.717, 1.165) is 38.2 Å². The minimum atomic E-state index is 0. The second-order valence-corrected chi connectivity index (χ2v) is 5.54. The van der Waals surface area contributed by atoms with Gasteiger partial charge in [0, 0.05) is 31.0 Å². The molecular weight excluding hydrogens is 302 g/mol. The summed E-state index contributed by atoms with van der Waals surface area (Å²) < 4.78 is 1.66. The van der Waals surface area contributed by atoms with Crippen LogP contribution in [-0.4, -0.2) is 51.1 Å². The predicted octanol–water partition coefficient (Wildman–Crippen LogP) is 1.67. The number of carbonyl (C=O) groups excluding carboxylic acids is 1. The summed E-state index contributed by atoms with van der Waals surface area (Å²) in [6.07, 6.45) is 5.44. The zero-order chi connectivity index (χ0) is 14.8. The topological polar surface area (TPSA) is 62.5 Å². The number of carbonyl (C=O) groups is 1. The van der Waals surface area contributed by atoms with Gasteiger partial charge in [0.05, 0.1) is 6.20 Å². The molecule has 7 heteroatoms. The standard InChI is InChI=1S/C15H21N5O.ClH/c1-3-7-19(12-4-6-16-9-12)15(21)13-10-17-20-8-5-11(2)18-14(13)20;/h5,8,10,12,16H,3-4,6-7,9H2,1-2H3;1H. The van der Waals surface area contributed by atoms with Gasteiger partial charge in [0.2, 0.25) is 0 Å². The van der Waals surface area contributed by atoms with Crippen LogP contribution >= 0.6 is 12.4 Å². The van der Waals surface area contributed by atoms with Crippen molar-refractivity contribution in [1.82, 2.24) is 24.8 Å². The molecule has 22 heavy (non-hydrogen) atoms. The van der Waals surface area contributed by atoms with Gasteiger partial charge in [-0.3, -0.25) is 4.79 Å². The van der Waals surface area contributed by atoms with E-state index in [1.54, 1.807) is 10.7 Å². The van der Waals surface area contributed by atoms with E-state index in [-0.39, 0.29) is 24.4 Å². The molecule has 1 amide bonds. The fraction of sp³-hybridized carbons (Fsp3) is 0.533. The minimum Gasteiger partial charge on any atom is -0.334 e. The lowest BCUT2D eigenvalue weighted by Gasteiger charge is -2.27. The Kier molecular flexibility index (Phi) is 5.37. The van der Waals surface area contributed by atoms with Crippen molar-refractivity contribution >= 4 is 24.0 Å². The Morgan fingerprint density at radius 1 is 1.55 bits per heavy atom. The van der Waals surface area contributed by atoms with Gasteiger partial charge in [-0.25, -0.2) is 9.50 Å². The number of fused-ring (bicyclic) bond motifs is 1. The highest BCUT2D eigenvalue weighted by molar-refractivity contribution is 5.99. The van der Waals surface area contributed by atoms with Crippen molar-refractivity contribution in [2.45, 2.75) is 32.7 Å². The highest BCUT2D eigenvalue weighted by Gasteiger charge is 2.28. The molecule has 2 aromatic rings. The first kappa shape index (κ1) is 16.7. The maximum atomic E-state index is 12.9. The third-order valence-corrected chi connectivity index (χ3v) is 3.94. The Hall–Kier alpha value is -1.66. The largest absolute Gasteiger partial charge is 0.334 e. The van der Waals surface area contributed by atoms with Gasteiger partial charge in [0.1, 0.15) is 5.56 Å². The van der Waals surface area contributed by atoms with Crippen LogP contribution in [0, 0.1) is 6.92 Å². The number of amides is 1. The van der Waals surface area contributed by atoms with E-state index in [1.165, 1.54) is 0 Å². The number of aromatic nitrogens is 3. The van der Waals surface area contributed by atoms with Crippen molar-refractivity contribution in [1.29, 1.82) is 0 Å². The molecule has 0 bridgehead atoms. The zero-order valence-electron chi connectivity index (χ0n) is 13.0. The van der Waals surface area contributed by atoms with E-state index in [0.29, 0.717) is 11.2 Å². The molecule has 3 heterocycles. The van der Waals surface area contributed by atoms with Gasteiger partial charge in [-0.05, 0) is 32.4 Å². The molecule has 120 valence electrons. The average molecular weight is 324 g/mol. The first-order valence-electron chi connectivity index (χ1n) is 7.53. The average Bonchev–Trinajstić information content (AvgIpc) is 3.13. The summed E-state index contributed by atoms with van der Waals surface area (Å²) in [5, 5.41) is 7.57. The zero-order valence-corrected chi connectivity index (χ0v) is 13.8. The molecule has 1 unspecified atom stereocenters. The molecule has 1 aliphatic heterocycles. The molecule has 3 rings (SSSR count). The number of halogens is 1. The number of rotatable bonds is 4. The van der Waals surface area contributed by atoms with E-state index in [4.69, 9.17) is 0 Å². The van der Waals surface area contributed by atoms with E-state index >= 15 is 0 Å². The molecule has 0 aromatic carbocycles. The molecule has 0 saturated carbocycles. The predicted molar refractivity (Wildman–Crippen MR) is 87.6 cm³/mol. The van der Waals surface area contributed by atoms with Crippen LogP contribution in [0.5, 0.6) is 0 Å². The lowest BCUT2D eigenvalue weighted by Crippen LogP contribution is -2.42. The fourth-order valence-corrected chi connectivity index (χ4v) is 2.86. The number of hydrogen-bond acceptors (Lipinski definition) is 4. The second-order valence-electron chi connectivity index (χ2n) is 5.54. The summed E-state index contributed by atoms with van der Waals surface area (Å²) in [4.78, 5) is 19.3. The van der Waals surface area contributed by atoms with Gasteiger partial charge in [-0.15, -0.1) is 12.4 Å². The van der Waals surface area contributed by atoms with Crippen molar-refractivity contribution in [2.75, 3.05) is 19.6 Å². The lowest BCUT2D eigenvalue weighted by molar-refractivity contribution is 0.0694. The van der Waals surface area contributed by atoms with Crippen LogP contribution in [0.1, 0.15) is 35.8 Å². The number of nitrogens with zero attached hydrogens (tertiary/aromatic N) is 4. The van der Waals surface area contributed by atoms with Crippen LogP contribution in [0.3, 0.4) is 0 Å². The Morgan fingerprint density at radius 2 is 2.36 bits per heavy atom. The van der Waals surface area contributed by atoms with Crippen LogP contribution in [-0.2, 0) is 0 Å². The van der Waals surface area contributed by atoms with Gasteiger partial charge < -0.3 is 10.2 Å². The first-order valence-corrected chi connectivity index (χ1v) is 7.53. The molecular formula is C15H22ClN5O. The molecule has 1 aliphatic rings. The molecule has 6 nitrogen and oxygen atoms in total. The number of aryl methyl sites for hydroxylation is 1. The summed E-state index contributed by atoms with van der Waals surface area (Å²) in [5.41, 5.74) is 2.13. The maximum Gasteiger partial charge on any atom is 0.259 e. The third kappa shape index (κ3) is 3.08.